The molecule has 0 aromatic heterocycles. The Bertz CT molecular complexity index is 652. The topological polar surface area (TPSA) is 29.5 Å². The monoisotopic (exact) mass is 288 g/mol. The minimum absolute atomic E-state index is 0.0174. The molecule has 0 amide bonds. The van der Waals surface area contributed by atoms with Crippen LogP contribution < -0.4 is 4.74 Å². The van der Waals surface area contributed by atoms with Crippen LogP contribution in [0.3, 0.4) is 0 Å². The summed E-state index contributed by atoms with van der Waals surface area (Å²) in [5.74, 6) is 4.81. The second-order valence-corrected chi connectivity index (χ2v) is 4.26. The van der Waals surface area contributed by atoms with E-state index in [1.165, 1.54) is 18.2 Å². The molecule has 4 heteroatoms. The number of ether oxygens (including phenoxy) is 1. The zero-order valence-electron chi connectivity index (χ0n) is 11.3. The van der Waals surface area contributed by atoms with Crippen molar-refractivity contribution in [3.05, 3.63) is 65.2 Å². The maximum atomic E-state index is 13.5. The largest absolute Gasteiger partial charge is 0.487 e. The normalized spacial score (nSPS) is 9.86. The van der Waals surface area contributed by atoms with E-state index >= 15 is 0 Å². The van der Waals surface area contributed by atoms with Gasteiger partial charge in [-0.1, -0.05) is 30.0 Å². The van der Waals surface area contributed by atoms with Gasteiger partial charge in [-0.05, 0) is 24.3 Å². The van der Waals surface area contributed by atoms with E-state index in [1.54, 1.807) is 24.3 Å². The maximum Gasteiger partial charge on any atom is 0.135 e. The van der Waals surface area contributed by atoms with Gasteiger partial charge in [0.1, 0.15) is 24.0 Å². The Morgan fingerprint density at radius 2 is 1.71 bits per heavy atom. The molecule has 2 nitrogen and oxygen atoms in total. The van der Waals surface area contributed by atoms with E-state index in [0.29, 0.717) is 17.7 Å². The number of halogens is 2. The van der Waals surface area contributed by atoms with Crippen LogP contribution in [0.5, 0.6) is 5.75 Å². The van der Waals surface area contributed by atoms with Crippen molar-refractivity contribution in [3.8, 4) is 17.6 Å². The van der Waals surface area contributed by atoms with E-state index in [4.69, 9.17) is 9.84 Å². The summed E-state index contributed by atoms with van der Waals surface area (Å²) in [4.78, 5) is 0. The van der Waals surface area contributed by atoms with Crippen molar-refractivity contribution in [3.63, 3.8) is 0 Å². The molecular formula is C17H14F2O2. The lowest BCUT2D eigenvalue weighted by atomic mass is 10.2. The molecule has 21 heavy (non-hydrogen) atoms. The van der Waals surface area contributed by atoms with Gasteiger partial charge >= 0.3 is 0 Å². The molecule has 0 aliphatic heterocycles. The molecule has 0 bridgehead atoms. The van der Waals surface area contributed by atoms with Gasteiger partial charge in [0.2, 0.25) is 0 Å². The fourth-order valence-corrected chi connectivity index (χ4v) is 1.73. The molecule has 0 fully saturated rings. The number of aliphatic hydroxyl groups excluding tert-OH is 1. The van der Waals surface area contributed by atoms with Crippen molar-refractivity contribution in [1.82, 2.24) is 0 Å². The molecule has 2 rings (SSSR count). The van der Waals surface area contributed by atoms with Crippen molar-refractivity contribution >= 4 is 0 Å². The van der Waals surface area contributed by atoms with E-state index in [1.807, 2.05) is 0 Å². The fraction of sp³-hybridized carbons (Fsp3) is 0.176. The molecule has 0 radical (unpaired) electrons. The highest BCUT2D eigenvalue weighted by atomic mass is 19.1. The van der Waals surface area contributed by atoms with Crippen molar-refractivity contribution in [2.24, 2.45) is 0 Å². The average Bonchev–Trinajstić information content (AvgIpc) is 2.48. The van der Waals surface area contributed by atoms with Crippen LogP contribution in [-0.4, -0.2) is 11.7 Å². The summed E-state index contributed by atoms with van der Waals surface area (Å²) in [5, 5.41) is 8.71. The number of benzene rings is 2. The molecule has 1 N–H and O–H groups in total. The third kappa shape index (κ3) is 4.04. The van der Waals surface area contributed by atoms with E-state index in [0.717, 1.165) is 0 Å². The highest BCUT2D eigenvalue weighted by molar-refractivity contribution is 5.46. The van der Waals surface area contributed by atoms with Gasteiger partial charge in [-0.3, -0.25) is 0 Å². The lowest BCUT2D eigenvalue weighted by Gasteiger charge is -2.09. The SMILES string of the molecule is OCCC#Cc1ccccc1OCc1c(F)cccc1F. The minimum atomic E-state index is -0.640. The number of rotatable bonds is 4. The Kier molecular flexibility index (Phi) is 5.30. The number of hydrogen-bond donors (Lipinski definition) is 1. The first-order valence-electron chi connectivity index (χ1n) is 6.47. The smallest absolute Gasteiger partial charge is 0.135 e. The molecule has 0 saturated heterocycles. The third-order valence-corrected chi connectivity index (χ3v) is 2.78. The van der Waals surface area contributed by atoms with Crippen molar-refractivity contribution in [1.29, 1.82) is 0 Å². The number of hydrogen-bond acceptors (Lipinski definition) is 2. The van der Waals surface area contributed by atoms with Gasteiger partial charge in [0.15, 0.2) is 0 Å². The first-order chi connectivity index (χ1) is 10.2. The van der Waals surface area contributed by atoms with Gasteiger partial charge in [-0.25, -0.2) is 8.78 Å². The molecule has 2 aromatic rings. The summed E-state index contributed by atoms with van der Waals surface area (Å²) in [6.45, 7) is -0.229. The van der Waals surface area contributed by atoms with Crippen LogP contribution in [0, 0.1) is 23.5 Å². The van der Waals surface area contributed by atoms with Crippen LogP contribution in [0.25, 0.3) is 0 Å². The van der Waals surface area contributed by atoms with Gasteiger partial charge < -0.3 is 9.84 Å². The maximum absolute atomic E-state index is 13.5. The minimum Gasteiger partial charge on any atom is -0.487 e. The van der Waals surface area contributed by atoms with Crippen LogP contribution in [-0.2, 0) is 6.61 Å². The van der Waals surface area contributed by atoms with Gasteiger partial charge in [0.25, 0.3) is 0 Å². The predicted octanol–water partition coefficient (Wildman–Crippen LogP) is 3.28. The van der Waals surface area contributed by atoms with E-state index in [9.17, 15) is 8.78 Å². The second-order valence-electron chi connectivity index (χ2n) is 4.26. The van der Waals surface area contributed by atoms with Crippen LogP contribution in [0.15, 0.2) is 42.5 Å². The fourth-order valence-electron chi connectivity index (χ4n) is 1.73. The summed E-state index contributed by atoms with van der Waals surface area (Å²) in [6, 6.07) is 10.7. The molecule has 0 atom stereocenters. The summed E-state index contributed by atoms with van der Waals surface area (Å²) < 4.78 is 32.5. The van der Waals surface area contributed by atoms with Crippen LogP contribution >= 0.6 is 0 Å². The van der Waals surface area contributed by atoms with Crippen LogP contribution in [0.2, 0.25) is 0 Å². The molecule has 108 valence electrons. The first-order valence-corrected chi connectivity index (χ1v) is 6.47. The second kappa shape index (κ2) is 7.41. The summed E-state index contributed by atoms with van der Waals surface area (Å²) in [7, 11) is 0. The highest BCUT2D eigenvalue weighted by Crippen LogP contribution is 2.20. The lowest BCUT2D eigenvalue weighted by molar-refractivity contribution is 0.291. The molecule has 0 heterocycles. The molecule has 2 aromatic carbocycles. The molecule has 0 spiro atoms. The van der Waals surface area contributed by atoms with Crippen molar-refractivity contribution in [2.75, 3.05) is 6.61 Å². The zero-order valence-corrected chi connectivity index (χ0v) is 11.3. The molecule has 0 aliphatic rings. The quantitative estimate of drug-likeness (QED) is 0.875. The molecule has 0 aliphatic carbocycles. The summed E-state index contributed by atoms with van der Waals surface area (Å²) in [6.07, 6.45) is 0.357. The van der Waals surface area contributed by atoms with Gasteiger partial charge in [-0.15, -0.1) is 0 Å². The van der Waals surface area contributed by atoms with Crippen LogP contribution in [0.4, 0.5) is 8.78 Å². The van der Waals surface area contributed by atoms with Crippen molar-refractivity contribution in [2.45, 2.75) is 13.0 Å². The molecule has 0 unspecified atom stereocenters. The standard InChI is InChI=1S/C17H14F2O2/c18-15-8-5-9-16(19)14(15)12-21-17-10-2-1-6-13(17)7-3-4-11-20/h1-2,5-6,8-10,20H,4,11-12H2. The number of aliphatic hydroxyl groups is 1. The first kappa shape index (κ1) is 15.0. The van der Waals surface area contributed by atoms with E-state index in [2.05, 4.69) is 11.8 Å². The Morgan fingerprint density at radius 3 is 2.43 bits per heavy atom. The Balaban J connectivity index is 2.16. The highest BCUT2D eigenvalue weighted by Gasteiger charge is 2.10. The Morgan fingerprint density at radius 1 is 1.00 bits per heavy atom. The lowest BCUT2D eigenvalue weighted by Crippen LogP contribution is -2.02. The van der Waals surface area contributed by atoms with Gasteiger partial charge in [0.05, 0.1) is 17.7 Å². The summed E-state index contributed by atoms with van der Waals surface area (Å²) in [5.41, 5.74) is 0.498. The van der Waals surface area contributed by atoms with Crippen molar-refractivity contribution < 1.29 is 18.6 Å². The van der Waals surface area contributed by atoms with E-state index in [-0.39, 0.29) is 18.8 Å². The number of para-hydroxylation sites is 1. The van der Waals surface area contributed by atoms with Gasteiger partial charge in [0, 0.05) is 6.42 Å². The Labute approximate surface area is 122 Å². The zero-order chi connectivity index (χ0) is 15.1. The third-order valence-electron chi connectivity index (χ3n) is 2.78. The Hall–Kier alpha value is -2.38. The van der Waals surface area contributed by atoms with E-state index < -0.39 is 11.6 Å². The summed E-state index contributed by atoms with van der Waals surface area (Å²) >= 11 is 0. The molecule has 0 saturated carbocycles. The predicted molar refractivity (Wildman–Crippen MR) is 75.7 cm³/mol. The molecular weight excluding hydrogens is 274 g/mol. The average molecular weight is 288 g/mol. The van der Waals surface area contributed by atoms with Crippen LogP contribution in [0.1, 0.15) is 17.5 Å². The van der Waals surface area contributed by atoms with Gasteiger partial charge in [-0.2, -0.15) is 0 Å².